The fraction of sp³-hybridized carbons (Fsp3) is 0.261. The average Bonchev–Trinajstić information content (AvgIpc) is 3.13. The summed E-state index contributed by atoms with van der Waals surface area (Å²) in [6, 6.07) is 15.3. The number of nitrogens with one attached hydrogen (secondary N) is 1. The van der Waals surface area contributed by atoms with Crippen molar-refractivity contribution in [2.75, 3.05) is 11.9 Å². The number of nitrogens with zero attached hydrogens (tertiary/aromatic N) is 3. The van der Waals surface area contributed by atoms with Crippen LogP contribution in [0, 0.1) is 5.82 Å². The minimum atomic E-state index is -0.349. The van der Waals surface area contributed by atoms with Gasteiger partial charge in [-0.25, -0.2) is 4.39 Å². The fourth-order valence-electron chi connectivity index (χ4n) is 3.53. The normalized spacial score (nSPS) is 13.7. The Hall–Kier alpha value is -3.48. The SMILES string of the molecule is CCc1ccc(NC(=O)c2cc3n(n2)CCCN(Cc2ccc(F)cc2)C3=O)cc1. The Kier molecular flexibility index (Phi) is 5.61. The second-order valence-corrected chi connectivity index (χ2v) is 7.35. The molecule has 4 rings (SSSR count). The summed E-state index contributed by atoms with van der Waals surface area (Å²) in [5, 5.41) is 7.18. The van der Waals surface area contributed by atoms with E-state index in [0.717, 1.165) is 18.4 Å². The number of anilines is 1. The van der Waals surface area contributed by atoms with Crippen LogP contribution >= 0.6 is 0 Å². The van der Waals surface area contributed by atoms with E-state index in [1.54, 1.807) is 27.8 Å². The van der Waals surface area contributed by atoms with Crippen molar-refractivity contribution in [2.45, 2.75) is 32.9 Å². The van der Waals surface area contributed by atoms with Crippen molar-refractivity contribution >= 4 is 17.5 Å². The highest BCUT2D eigenvalue weighted by Crippen LogP contribution is 2.18. The van der Waals surface area contributed by atoms with E-state index in [9.17, 15) is 14.0 Å². The predicted octanol–water partition coefficient (Wildman–Crippen LogP) is 3.88. The molecule has 7 heteroatoms. The first-order valence-corrected chi connectivity index (χ1v) is 10.1. The van der Waals surface area contributed by atoms with Crippen LogP contribution in [0.1, 0.15) is 45.4 Å². The van der Waals surface area contributed by atoms with E-state index >= 15 is 0 Å². The van der Waals surface area contributed by atoms with Gasteiger partial charge in [0.1, 0.15) is 11.5 Å². The van der Waals surface area contributed by atoms with Crippen molar-refractivity contribution in [2.24, 2.45) is 0 Å². The van der Waals surface area contributed by atoms with Crippen LogP contribution in [-0.2, 0) is 19.5 Å². The number of rotatable bonds is 5. The summed E-state index contributed by atoms with van der Waals surface area (Å²) in [6.45, 7) is 3.59. The molecule has 6 nitrogen and oxygen atoms in total. The number of carbonyl (C=O) groups is 2. The molecule has 0 bridgehead atoms. The zero-order valence-corrected chi connectivity index (χ0v) is 16.8. The van der Waals surface area contributed by atoms with E-state index in [1.165, 1.54) is 17.7 Å². The van der Waals surface area contributed by atoms with Gasteiger partial charge in [-0.3, -0.25) is 14.3 Å². The molecule has 2 heterocycles. The molecule has 0 saturated carbocycles. The van der Waals surface area contributed by atoms with Gasteiger partial charge >= 0.3 is 0 Å². The van der Waals surface area contributed by atoms with E-state index in [4.69, 9.17) is 0 Å². The summed E-state index contributed by atoms with van der Waals surface area (Å²) in [5.41, 5.74) is 3.33. The van der Waals surface area contributed by atoms with Gasteiger partial charge in [0.2, 0.25) is 0 Å². The van der Waals surface area contributed by atoms with Gasteiger partial charge in [0.15, 0.2) is 5.69 Å². The number of hydrogen-bond acceptors (Lipinski definition) is 3. The summed E-state index contributed by atoms with van der Waals surface area (Å²) in [6.07, 6.45) is 1.65. The Morgan fingerprint density at radius 1 is 1.07 bits per heavy atom. The molecular formula is C23H23FN4O2. The van der Waals surface area contributed by atoms with Gasteiger partial charge in [-0.05, 0) is 48.2 Å². The van der Waals surface area contributed by atoms with Crippen LogP contribution < -0.4 is 5.32 Å². The molecule has 1 N–H and O–H groups in total. The number of benzene rings is 2. The Morgan fingerprint density at radius 2 is 1.77 bits per heavy atom. The monoisotopic (exact) mass is 406 g/mol. The quantitative estimate of drug-likeness (QED) is 0.699. The first kappa shape index (κ1) is 19.8. The lowest BCUT2D eigenvalue weighted by Gasteiger charge is -2.20. The molecule has 154 valence electrons. The summed E-state index contributed by atoms with van der Waals surface area (Å²) >= 11 is 0. The maximum absolute atomic E-state index is 13.1. The number of carbonyl (C=O) groups excluding carboxylic acids is 2. The second-order valence-electron chi connectivity index (χ2n) is 7.35. The molecule has 0 unspecified atom stereocenters. The largest absolute Gasteiger partial charge is 0.333 e. The zero-order chi connectivity index (χ0) is 21.1. The molecule has 1 aliphatic rings. The van der Waals surface area contributed by atoms with Crippen LogP contribution in [0.5, 0.6) is 0 Å². The maximum atomic E-state index is 13.1. The first-order chi connectivity index (χ1) is 14.5. The molecule has 1 aliphatic heterocycles. The molecule has 0 saturated heterocycles. The third kappa shape index (κ3) is 4.25. The first-order valence-electron chi connectivity index (χ1n) is 10.1. The minimum absolute atomic E-state index is 0.185. The lowest BCUT2D eigenvalue weighted by atomic mass is 10.1. The number of fused-ring (bicyclic) bond motifs is 1. The van der Waals surface area contributed by atoms with Crippen molar-refractivity contribution < 1.29 is 14.0 Å². The summed E-state index contributed by atoms with van der Waals surface area (Å²) in [5.74, 6) is -0.840. The van der Waals surface area contributed by atoms with Gasteiger partial charge in [-0.15, -0.1) is 0 Å². The number of hydrogen-bond donors (Lipinski definition) is 1. The second kappa shape index (κ2) is 8.49. The summed E-state index contributed by atoms with van der Waals surface area (Å²) in [4.78, 5) is 27.4. The standard InChI is InChI=1S/C23H23FN4O2/c1-2-16-6-10-19(11-7-16)25-22(29)20-14-21-23(30)27(12-3-13-28(21)26-20)15-17-4-8-18(24)9-5-17/h4-11,14H,2-3,12-13,15H2,1H3,(H,25,29). The van der Waals surface area contributed by atoms with Crippen LogP contribution in [0.3, 0.4) is 0 Å². The van der Waals surface area contributed by atoms with Gasteiger partial charge in [0, 0.05) is 31.4 Å². The molecule has 30 heavy (non-hydrogen) atoms. The number of aromatic nitrogens is 2. The van der Waals surface area contributed by atoms with Crippen molar-refractivity contribution in [3.63, 3.8) is 0 Å². The summed E-state index contributed by atoms with van der Waals surface area (Å²) in [7, 11) is 0. The average molecular weight is 406 g/mol. The van der Waals surface area contributed by atoms with Crippen molar-refractivity contribution in [1.29, 1.82) is 0 Å². The smallest absolute Gasteiger partial charge is 0.276 e. The number of halogens is 1. The Bertz CT molecular complexity index is 1060. The molecule has 0 spiro atoms. The van der Waals surface area contributed by atoms with E-state index in [1.807, 2.05) is 24.3 Å². The molecule has 0 atom stereocenters. The van der Waals surface area contributed by atoms with Gasteiger partial charge in [-0.1, -0.05) is 31.2 Å². The van der Waals surface area contributed by atoms with Crippen LogP contribution in [0.15, 0.2) is 54.6 Å². The fourth-order valence-corrected chi connectivity index (χ4v) is 3.53. The Balaban J connectivity index is 1.50. The maximum Gasteiger partial charge on any atom is 0.276 e. The molecule has 3 aromatic rings. The van der Waals surface area contributed by atoms with Crippen LogP contribution in [0.25, 0.3) is 0 Å². The predicted molar refractivity (Wildman–Crippen MR) is 112 cm³/mol. The van der Waals surface area contributed by atoms with E-state index in [-0.39, 0.29) is 23.3 Å². The minimum Gasteiger partial charge on any atom is -0.333 e. The number of amides is 2. The van der Waals surface area contributed by atoms with Gasteiger partial charge in [0.05, 0.1) is 0 Å². The highest BCUT2D eigenvalue weighted by atomic mass is 19.1. The highest BCUT2D eigenvalue weighted by molar-refractivity contribution is 6.04. The van der Waals surface area contributed by atoms with Crippen LogP contribution in [0.4, 0.5) is 10.1 Å². The highest BCUT2D eigenvalue weighted by Gasteiger charge is 2.26. The Labute approximate surface area is 174 Å². The van der Waals surface area contributed by atoms with Gasteiger partial charge < -0.3 is 10.2 Å². The molecule has 0 aliphatic carbocycles. The molecule has 0 radical (unpaired) electrons. The van der Waals surface area contributed by atoms with Gasteiger partial charge in [0.25, 0.3) is 11.8 Å². The van der Waals surface area contributed by atoms with Gasteiger partial charge in [-0.2, -0.15) is 5.10 Å². The van der Waals surface area contributed by atoms with E-state index in [2.05, 4.69) is 17.3 Å². The van der Waals surface area contributed by atoms with Crippen molar-refractivity contribution in [3.8, 4) is 0 Å². The zero-order valence-electron chi connectivity index (χ0n) is 16.8. The third-order valence-corrected chi connectivity index (χ3v) is 5.22. The Morgan fingerprint density at radius 3 is 2.47 bits per heavy atom. The van der Waals surface area contributed by atoms with Crippen molar-refractivity contribution in [3.05, 3.63) is 82.9 Å². The van der Waals surface area contributed by atoms with Crippen LogP contribution in [-0.4, -0.2) is 33.0 Å². The molecule has 0 fully saturated rings. The molecule has 2 aromatic carbocycles. The van der Waals surface area contributed by atoms with E-state index in [0.29, 0.717) is 31.0 Å². The topological polar surface area (TPSA) is 67.2 Å². The molecule has 1 aromatic heterocycles. The molecular weight excluding hydrogens is 383 g/mol. The van der Waals surface area contributed by atoms with Crippen molar-refractivity contribution in [1.82, 2.24) is 14.7 Å². The van der Waals surface area contributed by atoms with E-state index < -0.39 is 0 Å². The van der Waals surface area contributed by atoms with Crippen LogP contribution in [0.2, 0.25) is 0 Å². The lowest BCUT2D eigenvalue weighted by molar-refractivity contribution is 0.0745. The third-order valence-electron chi connectivity index (χ3n) is 5.22. The molecule has 2 amide bonds. The lowest BCUT2D eigenvalue weighted by Crippen LogP contribution is -2.30. The summed E-state index contributed by atoms with van der Waals surface area (Å²) < 4.78 is 14.7. The number of aryl methyl sites for hydroxylation is 2.